The number of nitrogens with zero attached hydrogens (tertiary/aromatic N) is 2. The van der Waals surface area contributed by atoms with Gasteiger partial charge in [-0.05, 0) is 35.9 Å². The van der Waals surface area contributed by atoms with Crippen LogP contribution in [0.15, 0.2) is 47.4 Å². The van der Waals surface area contributed by atoms with Crippen molar-refractivity contribution < 1.29 is 17.9 Å². The number of esters is 1. The summed E-state index contributed by atoms with van der Waals surface area (Å²) in [5, 5.41) is -0.0145. The Morgan fingerprint density at radius 3 is 2.22 bits per heavy atom. The predicted octanol–water partition coefficient (Wildman–Crippen LogP) is 3.40. The molecule has 0 aliphatic carbocycles. The van der Waals surface area contributed by atoms with E-state index in [1.54, 1.807) is 6.92 Å². The summed E-state index contributed by atoms with van der Waals surface area (Å²) in [5.41, 5.74) is 2.10. The zero-order valence-electron chi connectivity index (χ0n) is 15.8. The molecule has 0 fully saturated rings. The van der Waals surface area contributed by atoms with Crippen LogP contribution in [-0.2, 0) is 21.3 Å². The smallest absolute Gasteiger partial charge is 0.337 e. The molecule has 0 radical (unpaired) electrons. The summed E-state index contributed by atoms with van der Waals surface area (Å²) in [6.07, 6.45) is 0. The molecule has 146 valence electrons. The van der Waals surface area contributed by atoms with Crippen LogP contribution in [0.3, 0.4) is 0 Å². The summed E-state index contributed by atoms with van der Waals surface area (Å²) < 4.78 is 32.0. The number of carbonyl (C=O) groups excluding carboxylic acids is 1. The Labute approximate surface area is 165 Å². The Morgan fingerprint density at radius 2 is 1.74 bits per heavy atom. The quantitative estimate of drug-likeness (QED) is 0.654. The summed E-state index contributed by atoms with van der Waals surface area (Å²) >= 11 is 6.16. The Balaban J connectivity index is 2.31. The summed E-state index contributed by atoms with van der Waals surface area (Å²) in [5.74, 6) is -0.575. The van der Waals surface area contributed by atoms with Crippen LogP contribution in [0.2, 0.25) is 5.02 Å². The van der Waals surface area contributed by atoms with Crippen LogP contribution >= 0.6 is 11.6 Å². The lowest BCUT2D eigenvalue weighted by molar-refractivity contribution is 0.0600. The van der Waals surface area contributed by atoms with E-state index in [1.807, 2.05) is 43.3 Å². The number of hydrogen-bond acceptors (Lipinski definition) is 5. The molecule has 0 atom stereocenters. The van der Waals surface area contributed by atoms with Crippen molar-refractivity contribution >= 4 is 33.3 Å². The molecule has 0 amide bonds. The van der Waals surface area contributed by atoms with Crippen molar-refractivity contribution in [3.63, 3.8) is 0 Å². The molecule has 0 saturated carbocycles. The largest absolute Gasteiger partial charge is 0.465 e. The van der Waals surface area contributed by atoms with Gasteiger partial charge >= 0.3 is 5.97 Å². The number of methoxy groups -OCH3 is 1. The van der Waals surface area contributed by atoms with Crippen molar-refractivity contribution in [2.45, 2.75) is 18.4 Å². The van der Waals surface area contributed by atoms with Crippen LogP contribution in [-0.4, -0.2) is 46.4 Å². The first kappa shape index (κ1) is 21.2. The van der Waals surface area contributed by atoms with E-state index in [0.717, 1.165) is 11.3 Å². The Hall–Kier alpha value is -2.09. The summed E-state index contributed by atoms with van der Waals surface area (Å²) in [7, 11) is 1.32. The standard InChI is InChI=1S/C19H23ClN2O4S/c1-5-22(13-14-6-9-16(10-7-14)21(2)3)27(24,25)18-11-8-15(12-17(18)20)19(23)26-4/h6-12H,5,13H2,1-4H3. The summed E-state index contributed by atoms with van der Waals surface area (Å²) in [6, 6.07) is 11.7. The fraction of sp³-hybridized carbons (Fsp3) is 0.316. The van der Waals surface area contributed by atoms with Crippen molar-refractivity contribution in [2.24, 2.45) is 0 Å². The van der Waals surface area contributed by atoms with Gasteiger partial charge in [-0.25, -0.2) is 13.2 Å². The van der Waals surface area contributed by atoms with E-state index in [1.165, 1.54) is 29.6 Å². The molecule has 2 rings (SSSR count). The van der Waals surface area contributed by atoms with Gasteiger partial charge in [-0.15, -0.1) is 0 Å². The van der Waals surface area contributed by atoms with Gasteiger partial charge in [-0.2, -0.15) is 4.31 Å². The zero-order chi connectivity index (χ0) is 20.2. The van der Waals surface area contributed by atoms with Crippen molar-refractivity contribution in [3.8, 4) is 0 Å². The van der Waals surface area contributed by atoms with E-state index < -0.39 is 16.0 Å². The number of sulfonamides is 1. The van der Waals surface area contributed by atoms with Gasteiger partial charge in [0, 0.05) is 32.9 Å². The minimum atomic E-state index is -3.82. The molecule has 2 aromatic rings. The third kappa shape index (κ3) is 4.80. The average molecular weight is 411 g/mol. The number of benzene rings is 2. The lowest BCUT2D eigenvalue weighted by Gasteiger charge is -2.22. The third-order valence-electron chi connectivity index (χ3n) is 4.14. The lowest BCUT2D eigenvalue weighted by Crippen LogP contribution is -2.30. The van der Waals surface area contributed by atoms with E-state index >= 15 is 0 Å². The molecule has 0 N–H and O–H groups in total. The SMILES string of the molecule is CCN(Cc1ccc(N(C)C)cc1)S(=O)(=O)c1ccc(C(=O)OC)cc1Cl. The van der Waals surface area contributed by atoms with Crippen LogP contribution in [0.1, 0.15) is 22.8 Å². The molecular formula is C19H23ClN2O4S. The molecule has 0 aliphatic rings. The van der Waals surface area contributed by atoms with Crippen LogP contribution < -0.4 is 4.90 Å². The Bertz CT molecular complexity index is 912. The Kier molecular flexibility index (Phi) is 6.86. The topological polar surface area (TPSA) is 66.9 Å². The number of ether oxygens (including phenoxy) is 1. The van der Waals surface area contributed by atoms with Gasteiger partial charge in [0.15, 0.2) is 0 Å². The maximum atomic E-state index is 13.0. The fourth-order valence-corrected chi connectivity index (χ4v) is 4.52. The zero-order valence-corrected chi connectivity index (χ0v) is 17.3. The predicted molar refractivity (Wildman–Crippen MR) is 107 cm³/mol. The van der Waals surface area contributed by atoms with Gasteiger partial charge in [0.05, 0.1) is 17.7 Å². The molecule has 0 aromatic heterocycles. The van der Waals surface area contributed by atoms with Crippen LogP contribution in [0.5, 0.6) is 0 Å². The monoisotopic (exact) mass is 410 g/mol. The first-order valence-electron chi connectivity index (χ1n) is 8.35. The number of anilines is 1. The molecular weight excluding hydrogens is 388 g/mol. The van der Waals surface area contributed by atoms with Crippen molar-refractivity contribution in [1.29, 1.82) is 0 Å². The van der Waals surface area contributed by atoms with Crippen LogP contribution in [0.25, 0.3) is 0 Å². The first-order chi connectivity index (χ1) is 12.7. The number of rotatable bonds is 7. The van der Waals surface area contributed by atoms with Crippen molar-refractivity contribution in [1.82, 2.24) is 4.31 Å². The molecule has 0 spiro atoms. The third-order valence-corrected chi connectivity index (χ3v) is 6.54. The van der Waals surface area contributed by atoms with E-state index in [2.05, 4.69) is 4.74 Å². The number of halogens is 1. The highest BCUT2D eigenvalue weighted by atomic mass is 35.5. The summed E-state index contributed by atoms with van der Waals surface area (Å²) in [6.45, 7) is 2.27. The van der Waals surface area contributed by atoms with Gasteiger partial charge in [0.1, 0.15) is 4.90 Å². The Morgan fingerprint density at radius 1 is 1.11 bits per heavy atom. The second-order valence-electron chi connectivity index (χ2n) is 6.13. The molecule has 0 aliphatic heterocycles. The number of carbonyl (C=O) groups is 1. The van der Waals surface area contributed by atoms with Gasteiger partial charge in [0.2, 0.25) is 10.0 Å². The van der Waals surface area contributed by atoms with Gasteiger partial charge < -0.3 is 9.64 Å². The molecule has 6 nitrogen and oxygen atoms in total. The molecule has 27 heavy (non-hydrogen) atoms. The van der Waals surface area contributed by atoms with Crippen molar-refractivity contribution in [3.05, 3.63) is 58.6 Å². The highest BCUT2D eigenvalue weighted by Crippen LogP contribution is 2.27. The molecule has 8 heteroatoms. The van der Waals surface area contributed by atoms with Gasteiger partial charge in [-0.1, -0.05) is 30.7 Å². The molecule has 2 aromatic carbocycles. The number of hydrogen-bond donors (Lipinski definition) is 0. The molecule has 0 heterocycles. The molecule has 0 bridgehead atoms. The fourth-order valence-electron chi connectivity index (χ4n) is 2.56. The highest BCUT2D eigenvalue weighted by Gasteiger charge is 2.26. The lowest BCUT2D eigenvalue weighted by atomic mass is 10.2. The van der Waals surface area contributed by atoms with E-state index in [0.29, 0.717) is 0 Å². The minimum absolute atomic E-state index is 0.0145. The summed E-state index contributed by atoms with van der Waals surface area (Å²) in [4.78, 5) is 13.5. The first-order valence-corrected chi connectivity index (χ1v) is 10.2. The van der Waals surface area contributed by atoms with E-state index in [-0.39, 0.29) is 28.6 Å². The average Bonchev–Trinajstić information content (AvgIpc) is 2.65. The molecule has 0 unspecified atom stereocenters. The molecule has 0 saturated heterocycles. The second kappa shape index (κ2) is 8.73. The highest BCUT2D eigenvalue weighted by molar-refractivity contribution is 7.89. The normalized spacial score (nSPS) is 11.5. The van der Waals surface area contributed by atoms with E-state index in [9.17, 15) is 13.2 Å². The van der Waals surface area contributed by atoms with Crippen molar-refractivity contribution in [2.75, 3.05) is 32.6 Å². The maximum Gasteiger partial charge on any atom is 0.337 e. The minimum Gasteiger partial charge on any atom is -0.465 e. The van der Waals surface area contributed by atoms with E-state index in [4.69, 9.17) is 11.6 Å². The van der Waals surface area contributed by atoms with Gasteiger partial charge in [0.25, 0.3) is 0 Å². The van der Waals surface area contributed by atoms with Crippen LogP contribution in [0.4, 0.5) is 5.69 Å². The maximum absolute atomic E-state index is 13.0. The van der Waals surface area contributed by atoms with Crippen LogP contribution in [0, 0.1) is 0 Å². The second-order valence-corrected chi connectivity index (χ2v) is 8.44. The van der Waals surface area contributed by atoms with Gasteiger partial charge in [-0.3, -0.25) is 0 Å².